The minimum Gasteiger partial charge on any atom is -0.383 e. The fourth-order valence-corrected chi connectivity index (χ4v) is 1.80. The lowest BCUT2D eigenvalue weighted by Gasteiger charge is -2.10. The number of aromatic amines is 1. The SMILES string of the molecule is C=CCSCCNc1c(N)n(C)c(=O)[nH]c1=O. The molecule has 4 N–H and O–H groups in total. The van der Waals surface area contributed by atoms with Crippen LogP contribution in [0.1, 0.15) is 0 Å². The van der Waals surface area contributed by atoms with Crippen LogP contribution in [0, 0.1) is 0 Å². The van der Waals surface area contributed by atoms with Crippen molar-refractivity contribution in [2.24, 2.45) is 7.05 Å². The lowest BCUT2D eigenvalue weighted by atomic mass is 10.4. The molecule has 94 valence electrons. The minimum atomic E-state index is -0.515. The summed E-state index contributed by atoms with van der Waals surface area (Å²) in [5.74, 6) is 1.83. The van der Waals surface area contributed by atoms with Crippen molar-refractivity contribution in [3.05, 3.63) is 33.5 Å². The molecule has 1 rings (SSSR count). The Hall–Kier alpha value is -1.63. The van der Waals surface area contributed by atoms with Gasteiger partial charge in [-0.05, 0) is 0 Å². The summed E-state index contributed by atoms with van der Waals surface area (Å²) in [6, 6.07) is 0. The zero-order valence-electron chi connectivity index (χ0n) is 9.66. The van der Waals surface area contributed by atoms with E-state index in [0.717, 1.165) is 11.5 Å². The smallest absolute Gasteiger partial charge is 0.329 e. The van der Waals surface area contributed by atoms with E-state index in [4.69, 9.17) is 5.73 Å². The number of aromatic nitrogens is 2. The number of H-pyrrole nitrogens is 1. The van der Waals surface area contributed by atoms with E-state index >= 15 is 0 Å². The first-order valence-corrected chi connectivity index (χ1v) is 6.24. The van der Waals surface area contributed by atoms with E-state index in [0.29, 0.717) is 6.54 Å². The molecule has 6 nitrogen and oxygen atoms in total. The predicted molar refractivity (Wildman–Crippen MR) is 72.7 cm³/mol. The summed E-state index contributed by atoms with van der Waals surface area (Å²) in [6.07, 6.45) is 1.82. The number of nitrogens with two attached hydrogens (primary N) is 1. The molecule has 1 aromatic heterocycles. The van der Waals surface area contributed by atoms with Crippen molar-refractivity contribution < 1.29 is 0 Å². The van der Waals surface area contributed by atoms with Crippen LogP contribution in [0.15, 0.2) is 22.2 Å². The number of nitrogen functional groups attached to an aromatic ring is 1. The van der Waals surface area contributed by atoms with Gasteiger partial charge in [0.1, 0.15) is 11.5 Å². The van der Waals surface area contributed by atoms with Gasteiger partial charge in [-0.1, -0.05) is 6.08 Å². The summed E-state index contributed by atoms with van der Waals surface area (Å²) in [5, 5.41) is 2.92. The zero-order chi connectivity index (χ0) is 12.8. The van der Waals surface area contributed by atoms with Crippen molar-refractivity contribution in [2.75, 3.05) is 29.1 Å². The molecule has 0 saturated heterocycles. The van der Waals surface area contributed by atoms with Gasteiger partial charge >= 0.3 is 5.69 Å². The van der Waals surface area contributed by atoms with Crippen molar-refractivity contribution in [2.45, 2.75) is 0 Å². The van der Waals surface area contributed by atoms with E-state index in [-0.39, 0.29) is 11.5 Å². The van der Waals surface area contributed by atoms with Gasteiger partial charge in [-0.3, -0.25) is 14.3 Å². The maximum atomic E-state index is 11.5. The van der Waals surface area contributed by atoms with Crippen LogP contribution in [0.5, 0.6) is 0 Å². The monoisotopic (exact) mass is 256 g/mol. The quantitative estimate of drug-likeness (QED) is 0.491. The summed E-state index contributed by atoms with van der Waals surface area (Å²) in [5.41, 5.74) is 4.92. The Bertz CT molecular complexity index is 506. The largest absolute Gasteiger partial charge is 0.383 e. The topological polar surface area (TPSA) is 92.9 Å². The Labute approximate surface area is 103 Å². The molecule has 0 aliphatic carbocycles. The summed E-state index contributed by atoms with van der Waals surface area (Å²) in [4.78, 5) is 24.9. The molecule has 1 aromatic rings. The number of hydrogen-bond acceptors (Lipinski definition) is 5. The maximum absolute atomic E-state index is 11.5. The number of anilines is 2. The highest BCUT2D eigenvalue weighted by molar-refractivity contribution is 7.99. The van der Waals surface area contributed by atoms with E-state index < -0.39 is 11.2 Å². The lowest BCUT2D eigenvalue weighted by molar-refractivity contribution is 0.813. The molecule has 0 atom stereocenters. The molecule has 0 unspecified atom stereocenters. The van der Waals surface area contributed by atoms with Crippen LogP contribution in [0.2, 0.25) is 0 Å². The molecule has 0 bridgehead atoms. The van der Waals surface area contributed by atoms with Gasteiger partial charge in [-0.15, -0.1) is 6.58 Å². The van der Waals surface area contributed by atoms with Crippen LogP contribution < -0.4 is 22.3 Å². The standard InChI is InChI=1S/C10H16N4O2S/c1-3-5-17-6-4-12-7-8(11)14(2)10(16)13-9(7)15/h3,12H,1,4-6,11H2,2H3,(H,13,15,16). The molecule has 0 radical (unpaired) electrons. The normalized spacial score (nSPS) is 10.2. The van der Waals surface area contributed by atoms with E-state index in [1.54, 1.807) is 11.8 Å². The molecule has 0 aliphatic heterocycles. The van der Waals surface area contributed by atoms with Gasteiger partial charge in [0.25, 0.3) is 5.56 Å². The van der Waals surface area contributed by atoms with Crippen molar-refractivity contribution >= 4 is 23.3 Å². The van der Waals surface area contributed by atoms with Crippen LogP contribution in [-0.4, -0.2) is 27.6 Å². The van der Waals surface area contributed by atoms with E-state index in [2.05, 4.69) is 16.9 Å². The first-order valence-electron chi connectivity index (χ1n) is 5.09. The van der Waals surface area contributed by atoms with Crippen LogP contribution >= 0.6 is 11.8 Å². The summed E-state index contributed by atoms with van der Waals surface area (Å²) in [7, 11) is 1.51. The highest BCUT2D eigenvalue weighted by Gasteiger charge is 2.08. The number of rotatable bonds is 6. The average Bonchev–Trinajstić information content (AvgIpc) is 2.30. The van der Waals surface area contributed by atoms with Gasteiger partial charge < -0.3 is 11.1 Å². The van der Waals surface area contributed by atoms with Crippen LogP contribution in [0.25, 0.3) is 0 Å². The molecule has 7 heteroatoms. The molecule has 1 heterocycles. The molecule has 0 aliphatic rings. The summed E-state index contributed by atoms with van der Waals surface area (Å²) >= 11 is 1.69. The Morgan fingerprint density at radius 3 is 2.94 bits per heavy atom. The molecule has 0 amide bonds. The fraction of sp³-hybridized carbons (Fsp3) is 0.400. The van der Waals surface area contributed by atoms with Crippen molar-refractivity contribution in [3.8, 4) is 0 Å². The Morgan fingerprint density at radius 2 is 2.29 bits per heavy atom. The molecule has 0 fully saturated rings. The molecular formula is C10H16N4O2S. The van der Waals surface area contributed by atoms with Gasteiger partial charge in [0.05, 0.1) is 0 Å². The van der Waals surface area contributed by atoms with E-state index in [1.165, 1.54) is 11.6 Å². The number of hydrogen-bond donors (Lipinski definition) is 3. The third-order valence-electron chi connectivity index (χ3n) is 2.15. The van der Waals surface area contributed by atoms with Gasteiger partial charge in [-0.25, -0.2) is 4.79 Å². The molecule has 17 heavy (non-hydrogen) atoms. The number of nitrogens with zero attached hydrogens (tertiary/aromatic N) is 1. The summed E-state index contributed by atoms with van der Waals surface area (Å²) < 4.78 is 1.20. The molecule has 0 spiro atoms. The maximum Gasteiger partial charge on any atom is 0.329 e. The summed E-state index contributed by atoms with van der Waals surface area (Å²) in [6.45, 7) is 4.21. The average molecular weight is 256 g/mol. The number of thioether (sulfide) groups is 1. The van der Waals surface area contributed by atoms with Gasteiger partial charge in [0, 0.05) is 25.1 Å². The third-order valence-corrected chi connectivity index (χ3v) is 3.12. The second-order valence-electron chi connectivity index (χ2n) is 3.37. The second-order valence-corrected chi connectivity index (χ2v) is 4.52. The van der Waals surface area contributed by atoms with Gasteiger partial charge in [-0.2, -0.15) is 11.8 Å². The first kappa shape index (κ1) is 13.4. The first-order chi connectivity index (χ1) is 8.07. The molecule has 0 aromatic carbocycles. The Kier molecular flexibility index (Phi) is 4.89. The fourth-order valence-electron chi connectivity index (χ4n) is 1.22. The highest BCUT2D eigenvalue weighted by Crippen LogP contribution is 2.08. The Balaban J connectivity index is 2.72. The van der Waals surface area contributed by atoms with E-state index in [1.807, 2.05) is 6.08 Å². The van der Waals surface area contributed by atoms with Crippen molar-refractivity contribution in [1.82, 2.24) is 9.55 Å². The predicted octanol–water partition coefficient (Wildman–Crippen LogP) is -0.0131. The van der Waals surface area contributed by atoms with Crippen LogP contribution in [-0.2, 0) is 7.05 Å². The molecular weight excluding hydrogens is 240 g/mol. The lowest BCUT2D eigenvalue weighted by Crippen LogP contribution is -2.32. The highest BCUT2D eigenvalue weighted by atomic mass is 32.2. The minimum absolute atomic E-state index is 0.146. The van der Waals surface area contributed by atoms with Crippen molar-refractivity contribution in [3.63, 3.8) is 0 Å². The molecule has 0 saturated carbocycles. The van der Waals surface area contributed by atoms with Crippen LogP contribution in [0.3, 0.4) is 0 Å². The third kappa shape index (κ3) is 3.42. The Morgan fingerprint density at radius 1 is 1.59 bits per heavy atom. The zero-order valence-corrected chi connectivity index (χ0v) is 10.5. The van der Waals surface area contributed by atoms with Gasteiger partial charge in [0.2, 0.25) is 0 Å². The second kappa shape index (κ2) is 6.19. The van der Waals surface area contributed by atoms with Gasteiger partial charge in [0.15, 0.2) is 0 Å². The van der Waals surface area contributed by atoms with Crippen molar-refractivity contribution in [1.29, 1.82) is 0 Å². The van der Waals surface area contributed by atoms with E-state index in [9.17, 15) is 9.59 Å². The van der Waals surface area contributed by atoms with Crippen LogP contribution in [0.4, 0.5) is 11.5 Å². The number of nitrogens with one attached hydrogen (secondary N) is 2.